The lowest BCUT2D eigenvalue weighted by Crippen LogP contribution is -2.47. The van der Waals surface area contributed by atoms with Crippen LogP contribution in [0.5, 0.6) is 5.75 Å². The van der Waals surface area contributed by atoms with Gasteiger partial charge in [-0.15, -0.1) is 0 Å². The van der Waals surface area contributed by atoms with E-state index in [2.05, 4.69) is 40.1 Å². The van der Waals surface area contributed by atoms with E-state index in [9.17, 15) is 10.1 Å². The summed E-state index contributed by atoms with van der Waals surface area (Å²) in [7, 11) is 0. The quantitative estimate of drug-likeness (QED) is 0.443. The van der Waals surface area contributed by atoms with Crippen molar-refractivity contribution in [3.63, 3.8) is 0 Å². The molecule has 0 bridgehead atoms. The lowest BCUT2D eigenvalue weighted by Gasteiger charge is -2.37. The van der Waals surface area contributed by atoms with E-state index in [1.165, 1.54) is 5.56 Å². The fraction of sp³-hybridized carbons (Fsp3) is 0.241. The van der Waals surface area contributed by atoms with Crippen LogP contribution in [-0.4, -0.2) is 37.7 Å². The first-order valence-corrected chi connectivity index (χ1v) is 12.0. The number of benzene rings is 3. The smallest absolute Gasteiger partial charge is 0.356 e. The first kappa shape index (κ1) is 21.5. The highest BCUT2D eigenvalue weighted by atomic mass is 16.5. The summed E-state index contributed by atoms with van der Waals surface area (Å²) in [4.78, 5) is 17.6. The van der Waals surface area contributed by atoms with Crippen molar-refractivity contribution in [3.8, 4) is 23.1 Å². The summed E-state index contributed by atoms with van der Waals surface area (Å²) in [6.45, 7) is 4.53. The monoisotopic (exact) mass is 463 g/mol. The summed E-state index contributed by atoms with van der Waals surface area (Å²) in [6.07, 6.45) is 0.566. The molecule has 1 saturated heterocycles. The minimum absolute atomic E-state index is 0.0875. The van der Waals surface area contributed by atoms with E-state index in [0.29, 0.717) is 24.5 Å². The van der Waals surface area contributed by atoms with E-state index in [1.807, 2.05) is 42.5 Å². The number of rotatable bonds is 3. The molecule has 174 valence electrons. The van der Waals surface area contributed by atoms with Gasteiger partial charge in [0.2, 0.25) is 0 Å². The maximum atomic E-state index is 13.0. The average molecular weight is 464 g/mol. The van der Waals surface area contributed by atoms with Crippen molar-refractivity contribution in [2.75, 3.05) is 37.7 Å². The molecule has 0 spiro atoms. The molecule has 2 aliphatic heterocycles. The molecule has 0 unspecified atom stereocenters. The molecule has 6 nitrogen and oxygen atoms in total. The van der Waals surface area contributed by atoms with Crippen molar-refractivity contribution >= 4 is 16.5 Å². The summed E-state index contributed by atoms with van der Waals surface area (Å²) in [5.41, 5.74) is 3.14. The van der Waals surface area contributed by atoms with Gasteiger partial charge < -0.3 is 14.1 Å². The molecule has 1 aromatic heterocycles. The molecule has 2 aliphatic rings. The highest BCUT2D eigenvalue weighted by Gasteiger charge is 2.30. The van der Waals surface area contributed by atoms with Crippen LogP contribution in [0.4, 0.5) is 5.69 Å². The van der Waals surface area contributed by atoms with Gasteiger partial charge in [-0.1, -0.05) is 60.7 Å². The molecule has 35 heavy (non-hydrogen) atoms. The number of hydrogen-bond donors (Lipinski definition) is 0. The molecule has 3 heterocycles. The molecule has 6 heteroatoms. The molecule has 0 aliphatic carbocycles. The average Bonchev–Trinajstić information content (AvgIpc) is 3.08. The summed E-state index contributed by atoms with van der Waals surface area (Å²) in [6, 6.07) is 24.6. The van der Waals surface area contributed by atoms with Crippen molar-refractivity contribution in [3.05, 3.63) is 93.8 Å². The van der Waals surface area contributed by atoms with Crippen LogP contribution in [0.15, 0.2) is 75.9 Å². The largest absolute Gasteiger partial charge is 0.492 e. The van der Waals surface area contributed by atoms with Crippen LogP contribution in [-0.2, 0) is 13.0 Å². The Bertz CT molecular complexity index is 1500. The van der Waals surface area contributed by atoms with Gasteiger partial charge in [0.05, 0.1) is 17.9 Å². The van der Waals surface area contributed by atoms with E-state index < -0.39 is 5.63 Å². The van der Waals surface area contributed by atoms with Gasteiger partial charge in [-0.25, -0.2) is 4.79 Å². The van der Waals surface area contributed by atoms with Crippen LogP contribution >= 0.6 is 0 Å². The highest BCUT2D eigenvalue weighted by Crippen LogP contribution is 2.43. The molecule has 0 radical (unpaired) electrons. The summed E-state index contributed by atoms with van der Waals surface area (Å²) >= 11 is 0. The van der Waals surface area contributed by atoms with Gasteiger partial charge in [0.1, 0.15) is 17.6 Å². The van der Waals surface area contributed by atoms with Crippen LogP contribution in [0, 0.1) is 11.3 Å². The lowest BCUT2D eigenvalue weighted by atomic mass is 9.98. The molecule has 0 saturated carbocycles. The molecule has 0 amide bonds. The van der Waals surface area contributed by atoms with Crippen LogP contribution in [0.25, 0.3) is 22.1 Å². The zero-order valence-corrected chi connectivity index (χ0v) is 19.4. The molecular weight excluding hydrogens is 438 g/mol. The molecule has 3 aromatic carbocycles. The van der Waals surface area contributed by atoms with Crippen molar-refractivity contribution in [2.24, 2.45) is 0 Å². The second kappa shape index (κ2) is 8.94. The zero-order chi connectivity index (χ0) is 23.8. The summed E-state index contributed by atoms with van der Waals surface area (Å²) < 4.78 is 12.0. The fourth-order valence-electron chi connectivity index (χ4n) is 5.26. The molecule has 6 rings (SSSR count). The minimum atomic E-state index is -0.589. The van der Waals surface area contributed by atoms with E-state index in [4.69, 9.17) is 9.15 Å². The molecule has 0 atom stereocenters. The van der Waals surface area contributed by atoms with Gasteiger partial charge in [-0.05, 0) is 17.0 Å². The fourth-order valence-corrected chi connectivity index (χ4v) is 5.26. The number of anilines is 1. The van der Waals surface area contributed by atoms with E-state index >= 15 is 0 Å². The Balaban J connectivity index is 1.39. The van der Waals surface area contributed by atoms with Crippen molar-refractivity contribution in [1.82, 2.24) is 4.90 Å². The van der Waals surface area contributed by atoms with E-state index in [0.717, 1.165) is 60.4 Å². The first-order chi connectivity index (χ1) is 17.2. The standard InChI is InChI=1S/C29H25N3O3/c30-18-25-26(32-15-13-31(14-16-32)19-20-6-2-1-3-7-20)23-12-17-34-27-22-9-5-4-8-21(22)10-11-24(27)28(23)35-29(25)33/h1-11H,12-17,19H2. The Hall–Kier alpha value is -4.08. The summed E-state index contributed by atoms with van der Waals surface area (Å²) in [5, 5.41) is 12.0. The number of nitriles is 1. The molecular formula is C29H25N3O3. The van der Waals surface area contributed by atoms with Crippen molar-refractivity contribution < 1.29 is 9.15 Å². The second-order valence-electron chi connectivity index (χ2n) is 9.04. The van der Waals surface area contributed by atoms with Crippen molar-refractivity contribution in [1.29, 1.82) is 5.26 Å². The number of ether oxygens (including phenoxy) is 1. The Kier molecular flexibility index (Phi) is 5.48. The van der Waals surface area contributed by atoms with Gasteiger partial charge in [0.15, 0.2) is 5.56 Å². The van der Waals surface area contributed by atoms with E-state index in [-0.39, 0.29) is 5.56 Å². The Morgan fingerprint density at radius 1 is 0.914 bits per heavy atom. The number of fused-ring (bicyclic) bond motifs is 5. The maximum absolute atomic E-state index is 13.0. The number of piperazine rings is 1. The number of nitrogens with zero attached hydrogens (tertiary/aromatic N) is 3. The molecule has 1 fully saturated rings. The highest BCUT2D eigenvalue weighted by molar-refractivity contribution is 5.95. The Labute approximate surface area is 203 Å². The third-order valence-electron chi connectivity index (χ3n) is 6.97. The second-order valence-corrected chi connectivity index (χ2v) is 9.04. The topological polar surface area (TPSA) is 69.7 Å². The third-order valence-corrected chi connectivity index (χ3v) is 6.97. The van der Waals surface area contributed by atoms with Gasteiger partial charge in [0, 0.05) is 50.1 Å². The first-order valence-electron chi connectivity index (χ1n) is 12.0. The van der Waals surface area contributed by atoms with Crippen LogP contribution < -0.4 is 15.3 Å². The van der Waals surface area contributed by atoms with E-state index in [1.54, 1.807) is 0 Å². The van der Waals surface area contributed by atoms with Gasteiger partial charge in [-0.3, -0.25) is 4.90 Å². The Morgan fingerprint density at radius 2 is 1.69 bits per heavy atom. The lowest BCUT2D eigenvalue weighted by molar-refractivity contribution is 0.249. The van der Waals surface area contributed by atoms with Gasteiger partial charge >= 0.3 is 5.63 Å². The predicted octanol–water partition coefficient (Wildman–Crippen LogP) is 4.59. The third kappa shape index (κ3) is 3.84. The van der Waals surface area contributed by atoms with Crippen LogP contribution in [0.3, 0.4) is 0 Å². The SMILES string of the molecule is N#Cc1c(N2CCN(Cc3ccccc3)CC2)c2c(oc1=O)-c1ccc3ccccc3c1OCC2. The van der Waals surface area contributed by atoms with Crippen LogP contribution in [0.2, 0.25) is 0 Å². The zero-order valence-electron chi connectivity index (χ0n) is 19.4. The van der Waals surface area contributed by atoms with Gasteiger partial charge in [0.25, 0.3) is 0 Å². The number of hydrogen-bond acceptors (Lipinski definition) is 6. The normalized spacial score (nSPS) is 15.6. The van der Waals surface area contributed by atoms with Crippen molar-refractivity contribution in [2.45, 2.75) is 13.0 Å². The van der Waals surface area contributed by atoms with Gasteiger partial charge in [-0.2, -0.15) is 5.26 Å². The molecule has 0 N–H and O–H groups in total. The summed E-state index contributed by atoms with van der Waals surface area (Å²) in [5.74, 6) is 1.25. The molecule has 4 aromatic rings. The Morgan fingerprint density at radius 3 is 2.49 bits per heavy atom. The van der Waals surface area contributed by atoms with Crippen LogP contribution in [0.1, 0.15) is 16.7 Å². The maximum Gasteiger partial charge on any atom is 0.356 e. The minimum Gasteiger partial charge on any atom is -0.492 e. The predicted molar refractivity (Wildman–Crippen MR) is 136 cm³/mol.